The van der Waals surface area contributed by atoms with Crippen molar-refractivity contribution in [2.75, 3.05) is 13.7 Å². The fourth-order valence-corrected chi connectivity index (χ4v) is 2.46. The molecule has 1 aromatic rings. The van der Waals surface area contributed by atoms with E-state index < -0.39 is 5.97 Å². The van der Waals surface area contributed by atoms with E-state index in [0.717, 1.165) is 11.6 Å². The molecule has 0 saturated heterocycles. The van der Waals surface area contributed by atoms with Crippen molar-refractivity contribution in [3.05, 3.63) is 29.8 Å². The zero-order chi connectivity index (χ0) is 14.4. The summed E-state index contributed by atoms with van der Waals surface area (Å²) in [6, 6.07) is 5.43. The number of ether oxygens (including phenoxy) is 2. The van der Waals surface area contributed by atoms with Crippen LogP contribution in [0.15, 0.2) is 24.3 Å². The highest BCUT2D eigenvalue weighted by atomic mass is 16.5. The van der Waals surface area contributed by atoms with Crippen LogP contribution < -0.4 is 9.47 Å². The van der Waals surface area contributed by atoms with Crippen LogP contribution in [-0.2, 0) is 4.79 Å². The van der Waals surface area contributed by atoms with Crippen molar-refractivity contribution in [3.63, 3.8) is 0 Å². The predicted molar refractivity (Wildman–Crippen MR) is 77.1 cm³/mol. The number of benzene rings is 1. The summed E-state index contributed by atoms with van der Waals surface area (Å²) in [5.74, 6) is 1.03. The van der Waals surface area contributed by atoms with Crippen LogP contribution in [0.25, 0.3) is 6.08 Å². The second-order valence-corrected chi connectivity index (χ2v) is 5.04. The quantitative estimate of drug-likeness (QED) is 0.809. The van der Waals surface area contributed by atoms with Crippen molar-refractivity contribution in [3.8, 4) is 11.5 Å². The first-order valence-corrected chi connectivity index (χ1v) is 6.91. The van der Waals surface area contributed by atoms with Crippen molar-refractivity contribution in [2.45, 2.75) is 25.7 Å². The molecule has 0 spiro atoms. The van der Waals surface area contributed by atoms with Gasteiger partial charge in [-0.1, -0.05) is 12.8 Å². The van der Waals surface area contributed by atoms with E-state index in [4.69, 9.17) is 14.6 Å². The summed E-state index contributed by atoms with van der Waals surface area (Å²) >= 11 is 0. The SMILES string of the molecule is COc1ccc(OCC2CCCC2)c(C=CC(=O)O)c1. The number of carboxylic acid groups (broad SMARTS) is 1. The predicted octanol–water partition coefficient (Wildman–Crippen LogP) is 3.36. The molecule has 1 saturated carbocycles. The average molecular weight is 276 g/mol. The van der Waals surface area contributed by atoms with Gasteiger partial charge in [0.15, 0.2) is 0 Å². The van der Waals surface area contributed by atoms with Crippen molar-refractivity contribution in [1.82, 2.24) is 0 Å². The van der Waals surface area contributed by atoms with Crippen LogP contribution in [0.3, 0.4) is 0 Å². The van der Waals surface area contributed by atoms with E-state index in [1.54, 1.807) is 13.2 Å². The summed E-state index contributed by atoms with van der Waals surface area (Å²) in [6.07, 6.45) is 7.64. The lowest BCUT2D eigenvalue weighted by atomic mass is 10.1. The first-order valence-electron chi connectivity index (χ1n) is 6.91. The molecule has 0 aliphatic heterocycles. The Morgan fingerprint density at radius 1 is 1.40 bits per heavy atom. The Kier molecular flexibility index (Phi) is 5.04. The van der Waals surface area contributed by atoms with Gasteiger partial charge in [-0.25, -0.2) is 4.79 Å². The Morgan fingerprint density at radius 2 is 2.15 bits per heavy atom. The second-order valence-electron chi connectivity index (χ2n) is 5.04. The van der Waals surface area contributed by atoms with Gasteiger partial charge in [0.2, 0.25) is 0 Å². The summed E-state index contributed by atoms with van der Waals surface area (Å²) in [5, 5.41) is 8.74. The maximum Gasteiger partial charge on any atom is 0.328 e. The van der Waals surface area contributed by atoms with Gasteiger partial charge >= 0.3 is 5.97 Å². The van der Waals surface area contributed by atoms with E-state index in [9.17, 15) is 4.79 Å². The van der Waals surface area contributed by atoms with Gasteiger partial charge in [-0.2, -0.15) is 0 Å². The number of methoxy groups -OCH3 is 1. The van der Waals surface area contributed by atoms with Gasteiger partial charge in [0, 0.05) is 11.6 Å². The molecule has 2 rings (SSSR count). The van der Waals surface area contributed by atoms with Crippen LogP contribution in [0, 0.1) is 5.92 Å². The van der Waals surface area contributed by atoms with Gasteiger partial charge in [-0.3, -0.25) is 0 Å². The molecule has 0 atom stereocenters. The van der Waals surface area contributed by atoms with Gasteiger partial charge in [-0.15, -0.1) is 0 Å². The monoisotopic (exact) mass is 276 g/mol. The molecular formula is C16H20O4. The molecule has 0 unspecified atom stereocenters. The number of rotatable bonds is 6. The van der Waals surface area contributed by atoms with Crippen molar-refractivity contribution in [2.24, 2.45) is 5.92 Å². The molecule has 20 heavy (non-hydrogen) atoms. The fourth-order valence-electron chi connectivity index (χ4n) is 2.46. The topological polar surface area (TPSA) is 55.8 Å². The average Bonchev–Trinajstić information content (AvgIpc) is 2.96. The van der Waals surface area contributed by atoms with Crippen LogP contribution in [-0.4, -0.2) is 24.8 Å². The minimum Gasteiger partial charge on any atom is -0.497 e. The van der Waals surface area contributed by atoms with Gasteiger partial charge in [-0.05, 0) is 43.0 Å². The van der Waals surface area contributed by atoms with Gasteiger partial charge in [0.1, 0.15) is 11.5 Å². The third-order valence-electron chi connectivity index (χ3n) is 3.57. The lowest BCUT2D eigenvalue weighted by Crippen LogP contribution is -2.08. The van der Waals surface area contributed by atoms with Crippen LogP contribution in [0.5, 0.6) is 11.5 Å². The first-order chi connectivity index (χ1) is 9.69. The van der Waals surface area contributed by atoms with E-state index in [2.05, 4.69) is 0 Å². The van der Waals surface area contributed by atoms with Crippen LogP contribution in [0.1, 0.15) is 31.2 Å². The van der Waals surface area contributed by atoms with E-state index in [1.165, 1.54) is 31.8 Å². The number of aliphatic carboxylic acids is 1. The maximum absolute atomic E-state index is 10.6. The fraction of sp³-hybridized carbons (Fsp3) is 0.438. The highest BCUT2D eigenvalue weighted by molar-refractivity contribution is 5.86. The zero-order valence-electron chi connectivity index (χ0n) is 11.7. The molecular weight excluding hydrogens is 256 g/mol. The van der Waals surface area contributed by atoms with E-state index in [1.807, 2.05) is 12.1 Å². The van der Waals surface area contributed by atoms with E-state index >= 15 is 0 Å². The smallest absolute Gasteiger partial charge is 0.328 e. The van der Waals surface area contributed by atoms with E-state index in [0.29, 0.717) is 24.0 Å². The van der Waals surface area contributed by atoms with Crippen LogP contribution >= 0.6 is 0 Å². The molecule has 1 aliphatic carbocycles. The van der Waals surface area contributed by atoms with Crippen molar-refractivity contribution >= 4 is 12.0 Å². The largest absolute Gasteiger partial charge is 0.497 e. The Labute approximate surface area is 119 Å². The number of carboxylic acids is 1. The van der Waals surface area contributed by atoms with Crippen molar-refractivity contribution < 1.29 is 19.4 Å². The summed E-state index contributed by atoms with van der Waals surface area (Å²) in [5.41, 5.74) is 0.727. The molecule has 1 fully saturated rings. The Bertz CT molecular complexity index is 487. The first kappa shape index (κ1) is 14.4. The zero-order valence-corrected chi connectivity index (χ0v) is 11.7. The highest BCUT2D eigenvalue weighted by Crippen LogP contribution is 2.29. The standard InChI is InChI=1S/C16H20O4/c1-19-14-7-8-15(13(10-14)6-9-16(17)18)20-11-12-4-2-3-5-12/h6-10,12H,2-5,11H2,1H3,(H,17,18). The summed E-state index contributed by atoms with van der Waals surface area (Å²) in [7, 11) is 1.58. The van der Waals surface area contributed by atoms with Crippen molar-refractivity contribution in [1.29, 1.82) is 0 Å². The van der Waals surface area contributed by atoms with Crippen LogP contribution in [0.2, 0.25) is 0 Å². The molecule has 4 nitrogen and oxygen atoms in total. The molecule has 0 radical (unpaired) electrons. The molecule has 0 amide bonds. The Morgan fingerprint density at radius 3 is 2.80 bits per heavy atom. The number of carbonyl (C=O) groups is 1. The second kappa shape index (κ2) is 6.98. The Hall–Kier alpha value is -1.97. The van der Waals surface area contributed by atoms with Gasteiger partial charge in [0.05, 0.1) is 13.7 Å². The normalized spacial score (nSPS) is 15.7. The molecule has 4 heteroatoms. The molecule has 1 N–H and O–H groups in total. The minimum atomic E-state index is -0.977. The maximum atomic E-state index is 10.6. The summed E-state index contributed by atoms with van der Waals surface area (Å²) in [6.45, 7) is 0.695. The molecule has 0 bridgehead atoms. The minimum absolute atomic E-state index is 0.619. The molecule has 0 heterocycles. The van der Waals surface area contributed by atoms with Gasteiger partial charge in [0.25, 0.3) is 0 Å². The Balaban J connectivity index is 2.10. The highest BCUT2D eigenvalue weighted by Gasteiger charge is 2.16. The molecule has 1 aromatic carbocycles. The number of hydrogen-bond acceptors (Lipinski definition) is 3. The summed E-state index contributed by atoms with van der Waals surface area (Å²) in [4.78, 5) is 10.6. The third-order valence-corrected chi connectivity index (χ3v) is 3.57. The van der Waals surface area contributed by atoms with E-state index in [-0.39, 0.29) is 0 Å². The molecule has 108 valence electrons. The molecule has 0 aromatic heterocycles. The lowest BCUT2D eigenvalue weighted by molar-refractivity contribution is -0.131. The lowest BCUT2D eigenvalue weighted by Gasteiger charge is -2.14. The third kappa shape index (κ3) is 4.02. The van der Waals surface area contributed by atoms with Crippen LogP contribution in [0.4, 0.5) is 0 Å². The van der Waals surface area contributed by atoms with Gasteiger partial charge < -0.3 is 14.6 Å². The number of hydrogen-bond donors (Lipinski definition) is 1. The molecule has 1 aliphatic rings. The summed E-state index contributed by atoms with van der Waals surface area (Å²) < 4.78 is 11.0.